The third-order valence-electron chi connectivity index (χ3n) is 4.20. The first kappa shape index (κ1) is 19.5. The molecule has 0 radical (unpaired) electrons. The summed E-state index contributed by atoms with van der Waals surface area (Å²) in [5, 5.41) is 0. The van der Waals surface area contributed by atoms with Crippen molar-refractivity contribution < 1.29 is 14.3 Å². The lowest BCUT2D eigenvalue weighted by atomic mass is 10.1. The van der Waals surface area contributed by atoms with E-state index in [2.05, 4.69) is 15.8 Å². The molecule has 0 fully saturated rings. The van der Waals surface area contributed by atoms with Crippen LogP contribution in [0.4, 0.5) is 0 Å². The molecule has 3 aromatic rings. The lowest BCUT2D eigenvalue weighted by Crippen LogP contribution is -2.18. The lowest BCUT2D eigenvalue weighted by Gasteiger charge is -2.09. The van der Waals surface area contributed by atoms with Gasteiger partial charge in [0.15, 0.2) is 16.3 Å². The number of aromatic nitrogens is 1. The Morgan fingerprint density at radius 2 is 1.81 bits per heavy atom. The minimum Gasteiger partial charge on any atom is -0.493 e. The van der Waals surface area contributed by atoms with E-state index >= 15 is 0 Å². The van der Waals surface area contributed by atoms with Gasteiger partial charge in [-0.1, -0.05) is 29.0 Å². The predicted octanol–water partition coefficient (Wildman–Crippen LogP) is 4.13. The minimum atomic E-state index is -0.238. The summed E-state index contributed by atoms with van der Waals surface area (Å²) in [6.45, 7) is 2.76. The van der Waals surface area contributed by atoms with E-state index in [-0.39, 0.29) is 5.91 Å². The normalized spacial score (nSPS) is 11.8. The molecule has 0 aliphatic heterocycles. The second-order valence-corrected chi connectivity index (χ2v) is 7.98. The Balaban J connectivity index is 2.15. The van der Waals surface area contributed by atoms with Gasteiger partial charge >= 0.3 is 0 Å². The Bertz CT molecular complexity index is 1020. The number of nitrogens with zero attached hydrogens (tertiary/aromatic N) is 2. The fourth-order valence-electron chi connectivity index (χ4n) is 2.73. The van der Waals surface area contributed by atoms with Gasteiger partial charge in [-0.05, 0) is 25.3 Å². The third-order valence-corrected chi connectivity index (χ3v) is 5.83. The maximum absolute atomic E-state index is 12.6. The van der Waals surface area contributed by atoms with Gasteiger partial charge in [-0.2, -0.15) is 16.8 Å². The van der Waals surface area contributed by atoms with E-state index in [0.29, 0.717) is 21.9 Å². The summed E-state index contributed by atoms with van der Waals surface area (Å²) < 4.78 is 13.9. The SMILES string of the molecule is COc1cc2sc(=NC(=O)c3ccc(C)cc3)n(CCSC)c2cc1OC. The molecule has 1 heterocycles. The summed E-state index contributed by atoms with van der Waals surface area (Å²) in [4.78, 5) is 17.7. The Labute approximate surface area is 166 Å². The van der Waals surface area contributed by atoms with Crippen LogP contribution in [-0.2, 0) is 6.54 Å². The Morgan fingerprint density at radius 3 is 2.44 bits per heavy atom. The van der Waals surface area contributed by atoms with E-state index < -0.39 is 0 Å². The van der Waals surface area contributed by atoms with Gasteiger partial charge in [0.1, 0.15) is 0 Å². The minimum absolute atomic E-state index is 0.238. The molecule has 0 saturated heterocycles. The van der Waals surface area contributed by atoms with Crippen molar-refractivity contribution in [2.24, 2.45) is 4.99 Å². The number of carbonyl (C=O) groups excluding carboxylic acids is 1. The molecule has 3 rings (SSSR count). The molecular weight excluding hydrogens is 380 g/mol. The number of methoxy groups -OCH3 is 2. The highest BCUT2D eigenvalue weighted by Crippen LogP contribution is 2.33. The van der Waals surface area contributed by atoms with Crippen LogP contribution in [0.15, 0.2) is 41.4 Å². The highest BCUT2D eigenvalue weighted by atomic mass is 32.2. The molecule has 142 valence electrons. The second-order valence-electron chi connectivity index (χ2n) is 5.99. The van der Waals surface area contributed by atoms with Crippen LogP contribution in [0, 0.1) is 6.92 Å². The van der Waals surface area contributed by atoms with Gasteiger partial charge in [-0.25, -0.2) is 0 Å². The first-order valence-corrected chi connectivity index (χ1v) is 10.7. The number of thioether (sulfide) groups is 1. The van der Waals surface area contributed by atoms with Crippen LogP contribution in [0.1, 0.15) is 15.9 Å². The molecular formula is C20H22N2O3S2. The number of ether oxygens (including phenoxy) is 2. The van der Waals surface area contributed by atoms with Gasteiger partial charge < -0.3 is 14.0 Å². The molecule has 0 aliphatic rings. The fraction of sp³-hybridized carbons (Fsp3) is 0.300. The molecule has 0 unspecified atom stereocenters. The average molecular weight is 403 g/mol. The van der Waals surface area contributed by atoms with Crippen LogP contribution < -0.4 is 14.3 Å². The molecule has 0 aliphatic carbocycles. The summed E-state index contributed by atoms with van der Waals surface area (Å²) in [6, 6.07) is 11.3. The number of fused-ring (bicyclic) bond motifs is 1. The van der Waals surface area contributed by atoms with Gasteiger partial charge in [0.2, 0.25) is 0 Å². The first-order valence-electron chi connectivity index (χ1n) is 8.47. The second kappa shape index (κ2) is 8.63. The largest absolute Gasteiger partial charge is 0.493 e. The van der Waals surface area contributed by atoms with Gasteiger partial charge in [0.05, 0.1) is 24.4 Å². The molecule has 0 bridgehead atoms. The third kappa shape index (κ3) is 4.20. The zero-order valence-corrected chi connectivity index (χ0v) is 17.4. The van der Waals surface area contributed by atoms with Crippen LogP contribution in [0.25, 0.3) is 10.2 Å². The zero-order chi connectivity index (χ0) is 19.4. The van der Waals surface area contributed by atoms with E-state index in [9.17, 15) is 4.79 Å². The summed E-state index contributed by atoms with van der Waals surface area (Å²) in [6.07, 6.45) is 2.06. The molecule has 7 heteroatoms. The number of rotatable bonds is 6. The van der Waals surface area contributed by atoms with E-state index in [1.807, 2.05) is 43.3 Å². The van der Waals surface area contributed by atoms with Crippen LogP contribution in [-0.4, -0.2) is 36.7 Å². The maximum atomic E-state index is 12.6. The molecule has 0 N–H and O–H groups in total. The monoisotopic (exact) mass is 402 g/mol. The molecule has 27 heavy (non-hydrogen) atoms. The summed E-state index contributed by atoms with van der Waals surface area (Å²) in [5.74, 6) is 2.02. The van der Waals surface area contributed by atoms with Gasteiger partial charge in [0, 0.05) is 30.0 Å². The maximum Gasteiger partial charge on any atom is 0.279 e. The number of hydrogen-bond donors (Lipinski definition) is 0. The molecule has 5 nitrogen and oxygen atoms in total. The number of hydrogen-bond acceptors (Lipinski definition) is 5. The van der Waals surface area contributed by atoms with E-state index in [4.69, 9.17) is 9.47 Å². The number of amides is 1. The first-order chi connectivity index (χ1) is 13.1. The fourth-order valence-corrected chi connectivity index (χ4v) is 4.16. The van der Waals surface area contributed by atoms with E-state index in [1.54, 1.807) is 26.0 Å². The quantitative estimate of drug-likeness (QED) is 0.622. The predicted molar refractivity (Wildman–Crippen MR) is 112 cm³/mol. The highest BCUT2D eigenvalue weighted by molar-refractivity contribution is 7.98. The Morgan fingerprint density at radius 1 is 1.15 bits per heavy atom. The molecule has 0 atom stereocenters. The van der Waals surface area contributed by atoms with E-state index in [1.165, 1.54) is 11.3 Å². The van der Waals surface area contributed by atoms with Gasteiger partial charge in [0.25, 0.3) is 5.91 Å². The summed E-state index contributed by atoms with van der Waals surface area (Å²) >= 11 is 3.23. The van der Waals surface area contributed by atoms with Crippen LogP contribution in [0.3, 0.4) is 0 Å². The number of benzene rings is 2. The van der Waals surface area contributed by atoms with Crippen molar-refractivity contribution in [1.82, 2.24) is 4.57 Å². The van der Waals surface area contributed by atoms with Crippen molar-refractivity contribution >= 4 is 39.2 Å². The highest BCUT2D eigenvalue weighted by Gasteiger charge is 2.13. The molecule has 1 aromatic heterocycles. The summed E-state index contributed by atoms with van der Waals surface area (Å²) in [7, 11) is 3.24. The zero-order valence-electron chi connectivity index (χ0n) is 15.8. The van der Waals surface area contributed by atoms with Crippen LogP contribution in [0.5, 0.6) is 11.5 Å². The topological polar surface area (TPSA) is 52.8 Å². The Kier molecular flexibility index (Phi) is 6.23. The molecule has 2 aromatic carbocycles. The number of aryl methyl sites for hydroxylation is 2. The van der Waals surface area contributed by atoms with Crippen LogP contribution >= 0.6 is 23.1 Å². The summed E-state index contributed by atoms with van der Waals surface area (Å²) in [5.41, 5.74) is 2.69. The van der Waals surface area contributed by atoms with Gasteiger partial charge in [-0.3, -0.25) is 4.79 Å². The van der Waals surface area contributed by atoms with Crippen molar-refractivity contribution in [3.63, 3.8) is 0 Å². The number of carbonyl (C=O) groups is 1. The van der Waals surface area contributed by atoms with Crippen molar-refractivity contribution in [2.45, 2.75) is 13.5 Å². The van der Waals surface area contributed by atoms with Crippen molar-refractivity contribution in [2.75, 3.05) is 26.2 Å². The smallest absolute Gasteiger partial charge is 0.279 e. The van der Waals surface area contributed by atoms with Crippen molar-refractivity contribution in [3.05, 3.63) is 52.3 Å². The molecule has 0 spiro atoms. The number of thiazole rings is 1. The standard InChI is InChI=1S/C20H22N2O3S2/c1-13-5-7-14(8-6-13)19(23)21-20-22(9-10-26-4)15-11-16(24-2)17(25-3)12-18(15)27-20/h5-8,11-12H,9-10H2,1-4H3. The lowest BCUT2D eigenvalue weighted by molar-refractivity contribution is 0.0998. The Hall–Kier alpha value is -2.25. The van der Waals surface area contributed by atoms with Crippen molar-refractivity contribution in [3.8, 4) is 11.5 Å². The van der Waals surface area contributed by atoms with Gasteiger partial charge in [-0.15, -0.1) is 0 Å². The molecule has 1 amide bonds. The molecule has 0 saturated carbocycles. The van der Waals surface area contributed by atoms with Crippen molar-refractivity contribution in [1.29, 1.82) is 0 Å². The van der Waals surface area contributed by atoms with E-state index in [0.717, 1.165) is 28.1 Å². The van der Waals surface area contributed by atoms with Crippen LogP contribution in [0.2, 0.25) is 0 Å². The average Bonchev–Trinajstić information content (AvgIpc) is 3.01.